The highest BCUT2D eigenvalue weighted by Crippen LogP contribution is 2.18. The largest absolute Gasteiger partial charge is 0.399 e. The van der Waals surface area contributed by atoms with Crippen LogP contribution in [0.2, 0.25) is 0 Å². The van der Waals surface area contributed by atoms with E-state index >= 15 is 0 Å². The van der Waals surface area contributed by atoms with E-state index in [0.29, 0.717) is 11.3 Å². The van der Waals surface area contributed by atoms with Gasteiger partial charge < -0.3 is 11.5 Å². The zero-order chi connectivity index (χ0) is 12.3. The second kappa shape index (κ2) is 4.52. The number of hydrogen-bond acceptors (Lipinski definition) is 4. The van der Waals surface area contributed by atoms with Crippen molar-refractivity contribution in [3.8, 4) is 0 Å². The van der Waals surface area contributed by atoms with E-state index in [2.05, 4.69) is 0 Å². The van der Waals surface area contributed by atoms with E-state index in [1.165, 1.54) is 18.2 Å². The van der Waals surface area contributed by atoms with Crippen LogP contribution in [0, 0.1) is 6.92 Å². The van der Waals surface area contributed by atoms with Crippen molar-refractivity contribution in [1.82, 2.24) is 0 Å². The van der Waals surface area contributed by atoms with Gasteiger partial charge in [0.05, 0.1) is 10.6 Å². The predicted octanol–water partition coefficient (Wildman–Crippen LogP) is 0.226. The van der Waals surface area contributed by atoms with Gasteiger partial charge in [0.15, 0.2) is 9.84 Å². The van der Waals surface area contributed by atoms with Gasteiger partial charge in [0.1, 0.15) is 0 Å². The van der Waals surface area contributed by atoms with Crippen LogP contribution in [-0.4, -0.2) is 20.1 Å². The molecule has 0 atom stereocenters. The summed E-state index contributed by atoms with van der Waals surface area (Å²) in [6, 6.07) is 4.46. The van der Waals surface area contributed by atoms with Crippen molar-refractivity contribution < 1.29 is 13.2 Å². The van der Waals surface area contributed by atoms with Gasteiger partial charge in [-0.05, 0) is 30.7 Å². The van der Waals surface area contributed by atoms with E-state index in [4.69, 9.17) is 11.5 Å². The van der Waals surface area contributed by atoms with Gasteiger partial charge in [-0.3, -0.25) is 4.79 Å². The van der Waals surface area contributed by atoms with Crippen molar-refractivity contribution in [3.63, 3.8) is 0 Å². The molecule has 0 unspecified atom stereocenters. The fraction of sp³-hybridized carbons (Fsp3) is 0.300. The number of aryl methyl sites for hydroxylation is 1. The molecule has 0 fully saturated rings. The van der Waals surface area contributed by atoms with Crippen LogP contribution >= 0.6 is 0 Å². The van der Waals surface area contributed by atoms with Crippen molar-refractivity contribution in [1.29, 1.82) is 0 Å². The average molecular weight is 242 g/mol. The molecular formula is C10H14N2O3S. The van der Waals surface area contributed by atoms with Gasteiger partial charge in [0, 0.05) is 12.1 Å². The Labute approximate surface area is 94.4 Å². The van der Waals surface area contributed by atoms with E-state index in [1.54, 1.807) is 6.92 Å². The molecule has 1 amide bonds. The molecule has 0 spiro atoms. The number of primary amides is 1. The Morgan fingerprint density at radius 2 is 2.00 bits per heavy atom. The highest BCUT2D eigenvalue weighted by Gasteiger charge is 2.15. The maximum absolute atomic E-state index is 11.8. The number of hydrogen-bond donors (Lipinski definition) is 2. The van der Waals surface area contributed by atoms with Crippen molar-refractivity contribution >= 4 is 21.4 Å². The third kappa shape index (κ3) is 2.96. The van der Waals surface area contributed by atoms with Gasteiger partial charge >= 0.3 is 0 Å². The smallest absolute Gasteiger partial charge is 0.218 e. The molecule has 0 aliphatic carbocycles. The molecule has 0 aromatic heterocycles. The maximum Gasteiger partial charge on any atom is 0.218 e. The highest BCUT2D eigenvalue weighted by atomic mass is 32.2. The summed E-state index contributed by atoms with van der Waals surface area (Å²) in [6.45, 7) is 1.72. The lowest BCUT2D eigenvalue weighted by molar-refractivity contribution is -0.117. The minimum absolute atomic E-state index is 0.167. The summed E-state index contributed by atoms with van der Waals surface area (Å²) < 4.78 is 23.5. The Hall–Kier alpha value is -1.56. The van der Waals surface area contributed by atoms with E-state index < -0.39 is 15.7 Å². The highest BCUT2D eigenvalue weighted by molar-refractivity contribution is 7.91. The number of anilines is 1. The summed E-state index contributed by atoms with van der Waals surface area (Å²) in [5.74, 6) is -0.901. The van der Waals surface area contributed by atoms with E-state index in [-0.39, 0.29) is 17.1 Å². The first-order chi connectivity index (χ1) is 7.33. The quantitative estimate of drug-likeness (QED) is 0.737. The Morgan fingerprint density at radius 3 is 2.50 bits per heavy atom. The number of amides is 1. The molecule has 88 valence electrons. The normalized spacial score (nSPS) is 11.3. The molecule has 0 radical (unpaired) electrons. The lowest BCUT2D eigenvalue weighted by atomic mass is 10.2. The lowest BCUT2D eigenvalue weighted by Gasteiger charge is -2.05. The van der Waals surface area contributed by atoms with Gasteiger partial charge in [-0.15, -0.1) is 0 Å². The number of carbonyl (C=O) groups is 1. The molecule has 0 heterocycles. The van der Waals surface area contributed by atoms with Crippen LogP contribution < -0.4 is 11.5 Å². The first-order valence-corrected chi connectivity index (χ1v) is 6.35. The van der Waals surface area contributed by atoms with Crippen LogP contribution in [0.1, 0.15) is 12.0 Å². The van der Waals surface area contributed by atoms with Gasteiger partial charge in [0.25, 0.3) is 0 Å². The summed E-state index contributed by atoms with van der Waals surface area (Å²) >= 11 is 0. The maximum atomic E-state index is 11.8. The lowest BCUT2D eigenvalue weighted by Crippen LogP contribution is -2.17. The number of sulfone groups is 1. The fourth-order valence-electron chi connectivity index (χ4n) is 1.19. The van der Waals surface area contributed by atoms with Crippen LogP contribution in [0.5, 0.6) is 0 Å². The van der Waals surface area contributed by atoms with Gasteiger partial charge in [-0.2, -0.15) is 0 Å². The van der Waals surface area contributed by atoms with Crippen LogP contribution in [0.4, 0.5) is 5.69 Å². The topological polar surface area (TPSA) is 103 Å². The van der Waals surface area contributed by atoms with Crippen molar-refractivity contribution in [2.75, 3.05) is 11.5 Å². The molecule has 0 saturated carbocycles. The third-order valence-corrected chi connectivity index (χ3v) is 3.93. The summed E-state index contributed by atoms with van der Waals surface area (Å²) in [4.78, 5) is 10.7. The second-order valence-electron chi connectivity index (χ2n) is 3.55. The van der Waals surface area contributed by atoms with Gasteiger partial charge in [0.2, 0.25) is 5.91 Å². The van der Waals surface area contributed by atoms with Crippen LogP contribution in [0.3, 0.4) is 0 Å². The molecule has 1 aromatic rings. The Balaban J connectivity index is 2.99. The zero-order valence-electron chi connectivity index (χ0n) is 8.93. The van der Waals surface area contributed by atoms with Crippen molar-refractivity contribution in [3.05, 3.63) is 23.8 Å². The van der Waals surface area contributed by atoms with Crippen LogP contribution in [0.15, 0.2) is 23.1 Å². The Kier molecular flexibility index (Phi) is 3.54. The Bertz CT molecular complexity index is 509. The molecular weight excluding hydrogens is 228 g/mol. The van der Waals surface area contributed by atoms with E-state index in [1.807, 2.05) is 0 Å². The molecule has 6 heteroatoms. The number of nitrogens with two attached hydrogens (primary N) is 2. The average Bonchev–Trinajstić information content (AvgIpc) is 2.19. The summed E-state index contributed by atoms with van der Waals surface area (Å²) in [5.41, 5.74) is 11.7. The van der Waals surface area contributed by atoms with Crippen LogP contribution in [0.25, 0.3) is 0 Å². The minimum atomic E-state index is -3.45. The summed E-state index contributed by atoms with van der Waals surface area (Å²) in [6.07, 6.45) is -0.175. The first kappa shape index (κ1) is 12.5. The summed E-state index contributed by atoms with van der Waals surface area (Å²) in [5, 5.41) is 0. The fourth-order valence-corrected chi connectivity index (χ4v) is 2.53. The van der Waals surface area contributed by atoms with E-state index in [0.717, 1.165) is 0 Å². The second-order valence-corrected chi connectivity index (χ2v) is 5.66. The first-order valence-electron chi connectivity index (χ1n) is 4.70. The minimum Gasteiger partial charge on any atom is -0.399 e. The molecule has 0 aliphatic rings. The molecule has 0 aliphatic heterocycles. The molecule has 0 bridgehead atoms. The number of carbonyl (C=O) groups excluding carboxylic acids is 1. The van der Waals surface area contributed by atoms with Gasteiger partial charge in [-0.25, -0.2) is 8.42 Å². The molecule has 0 saturated heterocycles. The predicted molar refractivity (Wildman–Crippen MR) is 61.5 cm³/mol. The number of rotatable bonds is 4. The number of benzene rings is 1. The summed E-state index contributed by atoms with van der Waals surface area (Å²) in [7, 11) is -3.45. The molecule has 1 rings (SSSR count). The monoisotopic (exact) mass is 242 g/mol. The molecule has 5 nitrogen and oxygen atoms in total. The third-order valence-electron chi connectivity index (χ3n) is 2.22. The SMILES string of the molecule is Cc1cc(S(=O)(=O)CCC(N)=O)ccc1N. The standard InChI is InChI=1S/C10H14N2O3S/c1-7-6-8(2-3-9(7)11)16(14,15)5-4-10(12)13/h2-3,6H,4-5,11H2,1H3,(H2,12,13). The molecule has 16 heavy (non-hydrogen) atoms. The van der Waals surface area contributed by atoms with E-state index in [9.17, 15) is 13.2 Å². The van der Waals surface area contributed by atoms with Crippen molar-refractivity contribution in [2.24, 2.45) is 5.73 Å². The molecule has 1 aromatic carbocycles. The number of nitrogen functional groups attached to an aromatic ring is 1. The van der Waals surface area contributed by atoms with Crippen molar-refractivity contribution in [2.45, 2.75) is 18.2 Å². The Morgan fingerprint density at radius 1 is 1.38 bits per heavy atom. The van der Waals surface area contributed by atoms with Crippen LogP contribution in [-0.2, 0) is 14.6 Å². The van der Waals surface area contributed by atoms with Gasteiger partial charge in [-0.1, -0.05) is 0 Å². The molecule has 4 N–H and O–H groups in total. The zero-order valence-corrected chi connectivity index (χ0v) is 9.75.